The van der Waals surface area contributed by atoms with Crippen LogP contribution in [0.3, 0.4) is 0 Å². The van der Waals surface area contributed by atoms with E-state index in [1.807, 2.05) is 60.7 Å². The van der Waals surface area contributed by atoms with Crippen molar-refractivity contribution in [2.45, 2.75) is 11.4 Å². The van der Waals surface area contributed by atoms with Crippen molar-refractivity contribution in [1.29, 1.82) is 0 Å². The Morgan fingerprint density at radius 2 is 1.61 bits per heavy atom. The third-order valence-electron chi connectivity index (χ3n) is 4.88. The molecule has 0 spiro atoms. The van der Waals surface area contributed by atoms with E-state index in [9.17, 15) is 8.42 Å². The zero-order chi connectivity index (χ0) is 21.3. The second-order valence-corrected chi connectivity index (χ2v) is 8.72. The molecule has 1 aromatic heterocycles. The quantitative estimate of drug-likeness (QED) is 0.494. The molecule has 0 fully saturated rings. The van der Waals surface area contributed by atoms with Crippen LogP contribution >= 0.6 is 0 Å². The van der Waals surface area contributed by atoms with E-state index in [1.54, 1.807) is 29.1 Å². The van der Waals surface area contributed by atoms with Gasteiger partial charge in [-0.2, -0.15) is 5.10 Å². The Bertz CT molecular complexity index is 1320. The number of rotatable bonds is 6. The molecule has 0 saturated heterocycles. The van der Waals surface area contributed by atoms with E-state index < -0.39 is 10.0 Å². The molecule has 0 saturated carbocycles. The zero-order valence-corrected chi connectivity index (χ0v) is 17.2. The number of hydrogen-bond donors (Lipinski definition) is 1. The van der Waals surface area contributed by atoms with Crippen LogP contribution in [-0.2, 0) is 16.6 Å². The van der Waals surface area contributed by atoms with Gasteiger partial charge in [0, 0.05) is 17.8 Å². The maximum Gasteiger partial charge on any atom is 0.265 e. The lowest BCUT2D eigenvalue weighted by Crippen LogP contribution is -2.13. The van der Waals surface area contributed by atoms with Gasteiger partial charge in [-0.1, -0.05) is 60.7 Å². The number of hydrogen-bond acceptors (Lipinski definition) is 5. The average Bonchev–Trinajstić information content (AvgIpc) is 3.42. The van der Waals surface area contributed by atoms with Crippen LogP contribution in [0.2, 0.25) is 0 Å². The summed E-state index contributed by atoms with van der Waals surface area (Å²) >= 11 is 0. The molecule has 0 bridgehead atoms. The van der Waals surface area contributed by atoms with Crippen molar-refractivity contribution in [3.8, 4) is 22.8 Å². The van der Waals surface area contributed by atoms with Gasteiger partial charge >= 0.3 is 0 Å². The highest BCUT2D eigenvalue weighted by Gasteiger charge is 2.25. The van der Waals surface area contributed by atoms with Crippen molar-refractivity contribution in [2.24, 2.45) is 0 Å². The Hall–Kier alpha value is -3.78. The first-order valence-electron chi connectivity index (χ1n) is 9.68. The first-order chi connectivity index (χ1) is 15.1. The molecule has 3 aromatic carbocycles. The van der Waals surface area contributed by atoms with Gasteiger partial charge in [-0.3, -0.25) is 9.40 Å². The fourth-order valence-electron chi connectivity index (χ4n) is 3.42. The van der Waals surface area contributed by atoms with Gasteiger partial charge in [-0.15, -0.1) is 0 Å². The predicted molar refractivity (Wildman–Crippen MR) is 117 cm³/mol. The van der Waals surface area contributed by atoms with Crippen molar-refractivity contribution in [3.05, 3.63) is 90.6 Å². The van der Waals surface area contributed by atoms with E-state index in [2.05, 4.69) is 9.82 Å². The second-order valence-electron chi connectivity index (χ2n) is 7.06. The van der Waals surface area contributed by atoms with Gasteiger partial charge in [0.25, 0.3) is 10.0 Å². The Morgan fingerprint density at radius 1 is 0.903 bits per heavy atom. The molecule has 7 nitrogen and oxygen atoms in total. The monoisotopic (exact) mass is 433 g/mol. The predicted octanol–water partition coefficient (Wildman–Crippen LogP) is 4.13. The van der Waals surface area contributed by atoms with Gasteiger partial charge in [-0.05, 0) is 17.7 Å². The van der Waals surface area contributed by atoms with Crippen LogP contribution in [0.1, 0.15) is 5.56 Å². The Kier molecular flexibility index (Phi) is 4.83. The Balaban J connectivity index is 1.53. The lowest BCUT2D eigenvalue weighted by molar-refractivity contribution is 0.174. The normalized spacial score (nSPS) is 12.6. The molecule has 1 aliphatic rings. The van der Waals surface area contributed by atoms with E-state index in [4.69, 9.17) is 9.47 Å². The Labute approximate surface area is 179 Å². The third-order valence-corrected chi connectivity index (χ3v) is 6.26. The molecule has 0 aliphatic carbocycles. The van der Waals surface area contributed by atoms with Crippen LogP contribution in [-0.4, -0.2) is 25.0 Å². The van der Waals surface area contributed by atoms with Crippen LogP contribution in [0.4, 0.5) is 5.69 Å². The van der Waals surface area contributed by atoms with Crippen molar-refractivity contribution >= 4 is 15.7 Å². The molecule has 0 amide bonds. The number of fused-ring (bicyclic) bond motifs is 1. The molecule has 31 heavy (non-hydrogen) atoms. The smallest absolute Gasteiger partial charge is 0.265 e. The number of sulfonamides is 1. The highest BCUT2D eigenvalue weighted by Crippen LogP contribution is 2.35. The number of nitrogens with one attached hydrogen (secondary N) is 1. The number of ether oxygens (including phenoxy) is 2. The lowest BCUT2D eigenvalue weighted by atomic mass is 10.2. The molecule has 0 radical (unpaired) electrons. The van der Waals surface area contributed by atoms with Crippen molar-refractivity contribution in [3.63, 3.8) is 0 Å². The molecule has 2 heterocycles. The summed E-state index contributed by atoms with van der Waals surface area (Å²) in [6.45, 7) is 0.580. The van der Waals surface area contributed by atoms with Gasteiger partial charge in [0.2, 0.25) is 6.79 Å². The number of anilines is 1. The van der Waals surface area contributed by atoms with Crippen LogP contribution in [0.5, 0.6) is 11.5 Å². The first kappa shape index (κ1) is 19.2. The SMILES string of the molecule is O=S(=O)(Nc1ccc2c(c1)OCO2)c1cn(Cc2ccccc2)nc1-c1ccccc1. The van der Waals surface area contributed by atoms with Gasteiger partial charge < -0.3 is 9.47 Å². The van der Waals surface area contributed by atoms with E-state index in [-0.39, 0.29) is 11.7 Å². The summed E-state index contributed by atoms with van der Waals surface area (Å²) in [5.41, 5.74) is 2.53. The van der Waals surface area contributed by atoms with Crippen LogP contribution in [0, 0.1) is 0 Å². The van der Waals surface area contributed by atoms with Gasteiger partial charge in [0.15, 0.2) is 11.5 Å². The largest absolute Gasteiger partial charge is 0.454 e. The molecule has 0 atom stereocenters. The maximum absolute atomic E-state index is 13.3. The van der Waals surface area contributed by atoms with Crippen LogP contribution < -0.4 is 14.2 Å². The minimum absolute atomic E-state index is 0.104. The molecular weight excluding hydrogens is 414 g/mol. The summed E-state index contributed by atoms with van der Waals surface area (Å²) in [5.74, 6) is 1.09. The highest BCUT2D eigenvalue weighted by atomic mass is 32.2. The van der Waals surface area contributed by atoms with Gasteiger partial charge in [0.1, 0.15) is 10.6 Å². The van der Waals surface area contributed by atoms with Gasteiger partial charge in [-0.25, -0.2) is 8.42 Å². The van der Waals surface area contributed by atoms with Crippen molar-refractivity contribution in [2.75, 3.05) is 11.5 Å². The Morgan fingerprint density at radius 3 is 2.39 bits per heavy atom. The van der Waals surface area contributed by atoms with Crippen molar-refractivity contribution in [1.82, 2.24) is 9.78 Å². The minimum Gasteiger partial charge on any atom is -0.454 e. The van der Waals surface area contributed by atoms with Crippen LogP contribution in [0.25, 0.3) is 11.3 Å². The van der Waals surface area contributed by atoms with Gasteiger partial charge in [0.05, 0.1) is 12.2 Å². The van der Waals surface area contributed by atoms with Crippen molar-refractivity contribution < 1.29 is 17.9 Å². The van der Waals surface area contributed by atoms with E-state index in [1.165, 1.54) is 0 Å². The lowest BCUT2D eigenvalue weighted by Gasteiger charge is -2.09. The summed E-state index contributed by atoms with van der Waals surface area (Å²) < 4.78 is 41.6. The number of benzene rings is 3. The fraction of sp³-hybridized carbons (Fsp3) is 0.0870. The van der Waals surface area contributed by atoms with E-state index in [0.717, 1.165) is 11.1 Å². The molecule has 156 valence electrons. The number of nitrogens with zero attached hydrogens (tertiary/aromatic N) is 2. The maximum atomic E-state index is 13.3. The topological polar surface area (TPSA) is 82.5 Å². The molecule has 8 heteroatoms. The molecular formula is C23H19N3O4S. The molecule has 1 N–H and O–H groups in total. The summed E-state index contributed by atoms with van der Waals surface area (Å²) in [4.78, 5) is 0.104. The molecule has 0 unspecified atom stereocenters. The van der Waals surface area contributed by atoms with Crippen LogP contribution in [0.15, 0.2) is 90.0 Å². The molecule has 5 rings (SSSR count). The standard InChI is InChI=1S/C23H19N3O4S/c27-31(28,25-19-11-12-20-21(13-19)30-16-29-20)22-15-26(14-17-7-3-1-4-8-17)24-23(22)18-9-5-2-6-10-18/h1-13,15,25H,14,16H2. The second kappa shape index (κ2) is 7.81. The minimum atomic E-state index is -3.91. The number of aromatic nitrogens is 2. The molecule has 1 aliphatic heterocycles. The summed E-state index contributed by atoms with van der Waals surface area (Å²) in [6, 6.07) is 24.0. The average molecular weight is 433 g/mol. The molecule has 4 aromatic rings. The zero-order valence-electron chi connectivity index (χ0n) is 16.4. The first-order valence-corrected chi connectivity index (χ1v) is 11.2. The summed E-state index contributed by atoms with van der Waals surface area (Å²) in [6.07, 6.45) is 1.56. The van der Waals surface area contributed by atoms with E-state index >= 15 is 0 Å². The summed E-state index contributed by atoms with van der Waals surface area (Å²) in [7, 11) is -3.91. The highest BCUT2D eigenvalue weighted by molar-refractivity contribution is 7.92. The third kappa shape index (κ3) is 3.97. The summed E-state index contributed by atoms with van der Waals surface area (Å²) in [5, 5.41) is 4.59. The fourth-order valence-corrected chi connectivity index (χ4v) is 4.64. The van der Waals surface area contributed by atoms with E-state index in [0.29, 0.717) is 29.4 Å².